The minimum absolute atomic E-state index is 0.0184. The number of para-hydroxylation sites is 1. The third-order valence-electron chi connectivity index (χ3n) is 2.69. The molecule has 0 unspecified atom stereocenters. The maximum absolute atomic E-state index is 10.7. The van der Waals surface area contributed by atoms with E-state index in [9.17, 15) is 4.79 Å². The van der Waals surface area contributed by atoms with Crippen LogP contribution in [0.25, 0.3) is 21.9 Å². The monoisotopic (exact) mass is 225 g/mol. The lowest BCUT2D eigenvalue weighted by molar-refractivity contribution is -0.136. The molecule has 1 aromatic heterocycles. The van der Waals surface area contributed by atoms with Crippen LogP contribution in [-0.2, 0) is 11.2 Å². The van der Waals surface area contributed by atoms with Crippen molar-refractivity contribution in [1.82, 2.24) is 0 Å². The van der Waals surface area contributed by atoms with Gasteiger partial charge < -0.3 is 9.52 Å². The van der Waals surface area contributed by atoms with Crippen molar-refractivity contribution in [3.8, 4) is 0 Å². The minimum Gasteiger partial charge on any atom is -0.481 e. The summed E-state index contributed by atoms with van der Waals surface area (Å²) in [6.07, 6.45) is -0.0184. The number of hydrogen-bond donors (Lipinski definition) is 1. The Morgan fingerprint density at radius 2 is 2.00 bits per heavy atom. The van der Waals surface area contributed by atoms with E-state index in [1.165, 1.54) is 0 Å². The summed E-state index contributed by atoms with van der Waals surface area (Å²) in [5.74, 6) is -0.853. The lowest BCUT2D eigenvalue weighted by Gasteiger charge is -1.95. The molecule has 0 spiro atoms. The molecule has 3 nitrogen and oxygen atoms in total. The first-order valence-corrected chi connectivity index (χ1v) is 5.28. The number of furan rings is 1. The van der Waals surface area contributed by atoms with Gasteiger partial charge in [-0.2, -0.15) is 0 Å². The molecule has 0 aliphatic heterocycles. The van der Waals surface area contributed by atoms with Gasteiger partial charge in [0.15, 0.2) is 0 Å². The minimum atomic E-state index is -0.853. The summed E-state index contributed by atoms with van der Waals surface area (Å²) < 4.78 is 5.63. The quantitative estimate of drug-likeness (QED) is 0.729. The number of fused-ring (bicyclic) bond motifs is 3. The van der Waals surface area contributed by atoms with Crippen LogP contribution in [0.15, 0.2) is 40.8 Å². The number of carboxylic acids is 1. The Kier molecular flexibility index (Phi) is 2.11. The van der Waals surface area contributed by atoms with Gasteiger partial charge in [-0.1, -0.05) is 24.3 Å². The largest absolute Gasteiger partial charge is 0.481 e. The SMILES string of the molecule is O=C(O)Cc1[c]c2c(cc1)oc1ccccc12. The Morgan fingerprint density at radius 1 is 1.18 bits per heavy atom. The molecule has 17 heavy (non-hydrogen) atoms. The van der Waals surface area contributed by atoms with Crippen LogP contribution in [-0.4, -0.2) is 11.1 Å². The Balaban J connectivity index is 2.26. The fraction of sp³-hybridized carbons (Fsp3) is 0.0714. The van der Waals surface area contributed by atoms with Crippen LogP contribution in [0, 0.1) is 6.07 Å². The number of carbonyl (C=O) groups is 1. The summed E-state index contributed by atoms with van der Waals surface area (Å²) in [6, 6.07) is 14.3. The molecule has 0 saturated heterocycles. The van der Waals surface area contributed by atoms with Gasteiger partial charge >= 0.3 is 5.97 Å². The molecule has 0 aliphatic carbocycles. The third-order valence-corrected chi connectivity index (χ3v) is 2.69. The predicted octanol–water partition coefficient (Wildman–Crippen LogP) is 3.01. The van der Waals surface area contributed by atoms with E-state index >= 15 is 0 Å². The zero-order chi connectivity index (χ0) is 11.8. The average Bonchev–Trinajstić information content (AvgIpc) is 2.66. The smallest absolute Gasteiger partial charge is 0.307 e. The van der Waals surface area contributed by atoms with E-state index in [-0.39, 0.29) is 6.42 Å². The molecule has 0 aliphatic rings. The summed E-state index contributed by atoms with van der Waals surface area (Å²) in [7, 11) is 0. The number of carboxylic acid groups (broad SMARTS) is 1. The second-order valence-corrected chi connectivity index (χ2v) is 3.89. The second kappa shape index (κ2) is 3.63. The van der Waals surface area contributed by atoms with Crippen LogP contribution in [0.5, 0.6) is 0 Å². The van der Waals surface area contributed by atoms with Crippen LogP contribution in [0.2, 0.25) is 0 Å². The van der Waals surface area contributed by atoms with E-state index in [4.69, 9.17) is 9.52 Å². The molecule has 3 rings (SSSR count). The van der Waals surface area contributed by atoms with Crippen molar-refractivity contribution in [1.29, 1.82) is 0 Å². The highest BCUT2D eigenvalue weighted by atomic mass is 16.4. The average molecular weight is 225 g/mol. The molecule has 3 heteroatoms. The van der Waals surface area contributed by atoms with Crippen LogP contribution in [0.4, 0.5) is 0 Å². The van der Waals surface area contributed by atoms with Gasteiger partial charge in [-0.15, -0.1) is 0 Å². The van der Waals surface area contributed by atoms with E-state index in [2.05, 4.69) is 6.07 Å². The predicted molar refractivity (Wildman–Crippen MR) is 63.9 cm³/mol. The maximum Gasteiger partial charge on any atom is 0.307 e. The molecule has 0 saturated carbocycles. The Morgan fingerprint density at radius 3 is 2.82 bits per heavy atom. The van der Waals surface area contributed by atoms with Crippen molar-refractivity contribution in [3.05, 3.63) is 48.0 Å². The maximum atomic E-state index is 10.7. The van der Waals surface area contributed by atoms with E-state index < -0.39 is 5.97 Å². The van der Waals surface area contributed by atoms with Crippen LogP contribution >= 0.6 is 0 Å². The van der Waals surface area contributed by atoms with E-state index in [1.807, 2.05) is 24.3 Å². The molecule has 0 atom stereocenters. The highest BCUT2D eigenvalue weighted by Gasteiger charge is 2.08. The highest BCUT2D eigenvalue weighted by molar-refractivity contribution is 6.04. The van der Waals surface area contributed by atoms with Crippen molar-refractivity contribution < 1.29 is 14.3 Å². The highest BCUT2D eigenvalue weighted by Crippen LogP contribution is 2.28. The number of rotatable bonds is 2. The van der Waals surface area contributed by atoms with Gasteiger partial charge in [-0.25, -0.2) is 0 Å². The topological polar surface area (TPSA) is 50.4 Å². The molecule has 0 amide bonds. The van der Waals surface area contributed by atoms with Crippen LogP contribution in [0.1, 0.15) is 5.56 Å². The van der Waals surface area contributed by atoms with Crippen molar-refractivity contribution in [2.45, 2.75) is 6.42 Å². The summed E-state index contributed by atoms with van der Waals surface area (Å²) in [6.45, 7) is 0. The second-order valence-electron chi connectivity index (χ2n) is 3.89. The Hall–Kier alpha value is -2.29. The van der Waals surface area contributed by atoms with Gasteiger partial charge in [0.25, 0.3) is 0 Å². The first-order valence-electron chi connectivity index (χ1n) is 5.28. The molecule has 1 N–H and O–H groups in total. The third kappa shape index (κ3) is 1.65. The lowest BCUT2D eigenvalue weighted by atomic mass is 10.1. The molecule has 0 fully saturated rings. The van der Waals surface area contributed by atoms with E-state index in [0.29, 0.717) is 5.56 Å². The number of benzene rings is 2. The van der Waals surface area contributed by atoms with Crippen molar-refractivity contribution in [2.24, 2.45) is 0 Å². The van der Waals surface area contributed by atoms with Gasteiger partial charge in [0.05, 0.1) is 6.42 Å². The van der Waals surface area contributed by atoms with Gasteiger partial charge in [-0.3, -0.25) is 4.79 Å². The molecular weight excluding hydrogens is 216 g/mol. The summed E-state index contributed by atoms with van der Waals surface area (Å²) in [5, 5.41) is 10.6. The lowest BCUT2D eigenvalue weighted by Crippen LogP contribution is -1.99. The van der Waals surface area contributed by atoms with E-state index in [0.717, 1.165) is 21.9 Å². The van der Waals surface area contributed by atoms with Gasteiger partial charge in [-0.05, 0) is 23.8 Å². The standard InChI is InChI=1S/C14H9O3/c15-14(16)8-9-5-6-13-11(7-9)10-3-1-2-4-12(10)17-13/h1-6H,8H2,(H,15,16). The summed E-state index contributed by atoms with van der Waals surface area (Å²) in [4.78, 5) is 10.7. The molecule has 2 aromatic carbocycles. The summed E-state index contributed by atoms with van der Waals surface area (Å²) >= 11 is 0. The molecule has 83 valence electrons. The zero-order valence-electron chi connectivity index (χ0n) is 8.93. The fourth-order valence-corrected chi connectivity index (χ4v) is 1.96. The fourth-order valence-electron chi connectivity index (χ4n) is 1.96. The molecule has 0 bridgehead atoms. The number of aliphatic carboxylic acids is 1. The molecule has 3 aromatic rings. The van der Waals surface area contributed by atoms with Gasteiger partial charge in [0, 0.05) is 10.8 Å². The van der Waals surface area contributed by atoms with Crippen LogP contribution in [0.3, 0.4) is 0 Å². The molecular formula is C14H9O3. The molecule has 1 heterocycles. The van der Waals surface area contributed by atoms with Crippen molar-refractivity contribution >= 4 is 27.9 Å². The van der Waals surface area contributed by atoms with Crippen molar-refractivity contribution in [3.63, 3.8) is 0 Å². The Labute approximate surface area is 97.3 Å². The van der Waals surface area contributed by atoms with Gasteiger partial charge in [0.1, 0.15) is 11.2 Å². The van der Waals surface area contributed by atoms with E-state index in [1.54, 1.807) is 12.1 Å². The first kappa shape index (κ1) is 9.90. The number of hydrogen-bond acceptors (Lipinski definition) is 2. The normalized spacial score (nSPS) is 11.1. The van der Waals surface area contributed by atoms with Crippen LogP contribution < -0.4 is 0 Å². The summed E-state index contributed by atoms with van der Waals surface area (Å²) in [5.41, 5.74) is 2.20. The first-order chi connectivity index (χ1) is 8.24. The molecule has 1 radical (unpaired) electrons. The Bertz CT molecular complexity index is 710. The zero-order valence-corrected chi connectivity index (χ0v) is 8.93. The van der Waals surface area contributed by atoms with Crippen molar-refractivity contribution in [2.75, 3.05) is 0 Å². The van der Waals surface area contributed by atoms with Gasteiger partial charge in [0.2, 0.25) is 0 Å².